The van der Waals surface area contributed by atoms with E-state index in [0.717, 1.165) is 24.3 Å². The smallest absolute Gasteiger partial charge is 0.333 e. The maximum absolute atomic E-state index is 13.7. The Labute approximate surface area is 556 Å². The summed E-state index contributed by atoms with van der Waals surface area (Å²) in [7, 11) is -24.9. The van der Waals surface area contributed by atoms with Gasteiger partial charge in [0.25, 0.3) is 50.6 Å². The highest BCUT2D eigenvalue weighted by Gasteiger charge is 2.47. The number of allylic oxidation sites excluding steroid dienone is 6. The maximum atomic E-state index is 13.7. The highest BCUT2D eigenvalue weighted by Crippen LogP contribution is 2.55. The number of unbranched alkanes of at least 4 members (excludes halogenated alkanes) is 2. The van der Waals surface area contributed by atoms with Crippen LogP contribution < -0.4 is 25.7 Å². The Balaban J connectivity index is 1.14. The predicted molar refractivity (Wildman–Crippen MR) is 353 cm³/mol. The Morgan fingerprint density at radius 2 is 1.25 bits per heavy atom. The van der Waals surface area contributed by atoms with Crippen LogP contribution in [0.5, 0.6) is 11.8 Å². The lowest BCUT2D eigenvalue weighted by Gasteiger charge is -2.31. The Kier molecular flexibility index (Phi) is 23.2. The predicted octanol–water partition coefficient (Wildman–Crippen LogP) is 7.25. The first-order valence-electron chi connectivity index (χ1n) is 31.1. The minimum Gasteiger partial charge on any atom is -0.492 e. The van der Waals surface area contributed by atoms with Crippen molar-refractivity contribution in [2.24, 2.45) is 0 Å². The van der Waals surface area contributed by atoms with E-state index in [4.69, 9.17) is 4.84 Å². The molecule has 2 unspecified atom stereocenters. The van der Waals surface area contributed by atoms with Crippen molar-refractivity contribution in [1.29, 1.82) is 0 Å². The summed E-state index contributed by atoms with van der Waals surface area (Å²) in [5, 5.41) is 28.1. The van der Waals surface area contributed by atoms with E-state index in [1.54, 1.807) is 62.1 Å². The molecule has 3 aliphatic rings. The van der Waals surface area contributed by atoms with Crippen LogP contribution in [0.2, 0.25) is 0 Å². The Morgan fingerprint density at radius 1 is 0.646 bits per heavy atom. The van der Waals surface area contributed by atoms with Gasteiger partial charge in [-0.25, -0.2) is 4.79 Å². The average Bonchev–Trinajstić information content (AvgIpc) is 1.53. The van der Waals surface area contributed by atoms with Crippen molar-refractivity contribution >= 4 is 113 Å². The number of aromatic nitrogens is 1. The lowest BCUT2D eigenvalue weighted by molar-refractivity contribution is -0.438. The molecule has 2 atom stereocenters. The van der Waals surface area contributed by atoms with Gasteiger partial charge in [0.05, 0.1) is 21.0 Å². The second-order valence-electron chi connectivity index (χ2n) is 24.7. The molecule has 4 heterocycles. The van der Waals surface area contributed by atoms with Crippen molar-refractivity contribution in [3.05, 3.63) is 108 Å². The number of carbonyl (C=O) groups excluding carboxylic acids is 4. The zero-order chi connectivity index (χ0) is 70.3. The Hall–Kier alpha value is -7.60. The number of fused-ring (bicyclic) bond motifs is 9. The van der Waals surface area contributed by atoms with Gasteiger partial charge in [-0.1, -0.05) is 43.6 Å². The first kappa shape index (κ1) is 74.2. The summed E-state index contributed by atoms with van der Waals surface area (Å²) in [6, 6.07) is 10.7. The summed E-state index contributed by atoms with van der Waals surface area (Å²) in [5.41, 5.74) is 0.416. The van der Waals surface area contributed by atoms with Crippen molar-refractivity contribution in [2.75, 3.05) is 36.8 Å². The number of amides is 3. The van der Waals surface area contributed by atoms with E-state index in [1.807, 2.05) is 4.58 Å². The number of aromatic hydroxyl groups is 2. The third-order valence-electron chi connectivity index (χ3n) is 17.4. The molecule has 1 aromatic heterocycles. The van der Waals surface area contributed by atoms with E-state index in [9.17, 15) is 94.2 Å². The lowest BCUT2D eigenvalue weighted by atomic mass is 9.75. The first-order valence-corrected chi connectivity index (χ1v) is 38.5. The molecule has 0 bridgehead atoms. The molecule has 8 rings (SSSR count). The van der Waals surface area contributed by atoms with Crippen LogP contribution >= 0.6 is 0 Å². The molecule has 0 aliphatic carbocycles. The normalized spacial score (nSPS) is 19.3. The van der Waals surface area contributed by atoms with Gasteiger partial charge >= 0.3 is 5.97 Å². The van der Waals surface area contributed by atoms with Crippen LogP contribution in [0.4, 0.5) is 11.4 Å². The summed E-state index contributed by atoms with van der Waals surface area (Å²) >= 11 is 0. The molecule has 522 valence electrons. The Morgan fingerprint density at radius 3 is 1.86 bits per heavy atom. The van der Waals surface area contributed by atoms with E-state index >= 15 is 0 Å². The molecule has 0 radical (unpaired) electrons. The van der Waals surface area contributed by atoms with Crippen LogP contribution in [0.15, 0.2) is 116 Å². The monoisotopic (exact) mass is 1430 g/mol. The summed E-state index contributed by atoms with van der Waals surface area (Å²) in [6.45, 7) is 6.05. The SMILES string of the molecule is CC1(C)C2=[N+](CCCCCC(=O)NC(C(=O)NCCCCCC(=O)On3c(O)ccc3O)CCCCNC(=O)CCCCCC3(C)C(=CC=CC=C2)N(CCCS(=O)(=O)O)c2ccc4c(S(=O)(=O)O)cc(S(=O)(=O)O)cc4c23)c2ccc3c(S(=O)(=O)O)cc(S(=O)(=O)O)cc3c21. The molecule has 0 saturated heterocycles. The van der Waals surface area contributed by atoms with Gasteiger partial charge in [-0.05, 0) is 144 Å². The lowest BCUT2D eigenvalue weighted by Crippen LogP contribution is -2.47. The number of hydrogen-bond acceptors (Lipinski definition) is 18. The quantitative estimate of drug-likeness (QED) is 0.0264. The molecule has 5 aromatic rings. The molecule has 10 N–H and O–H groups in total. The summed E-state index contributed by atoms with van der Waals surface area (Å²) in [6.07, 6.45) is 13.4. The van der Waals surface area contributed by atoms with Crippen LogP contribution in [-0.4, -0.2) is 152 Å². The summed E-state index contributed by atoms with van der Waals surface area (Å²) in [5.74, 6) is -3.42. The van der Waals surface area contributed by atoms with E-state index in [0.29, 0.717) is 121 Å². The molecular formula is C63H79N6O22S5+. The van der Waals surface area contributed by atoms with Crippen molar-refractivity contribution in [1.82, 2.24) is 20.7 Å². The highest BCUT2D eigenvalue weighted by atomic mass is 32.2. The van der Waals surface area contributed by atoms with Crippen LogP contribution in [-0.2, 0) is 80.6 Å². The zero-order valence-electron chi connectivity index (χ0n) is 52.9. The van der Waals surface area contributed by atoms with E-state index < -0.39 is 122 Å². The molecule has 0 saturated carbocycles. The molecule has 0 spiro atoms. The number of benzene rings is 4. The minimum absolute atomic E-state index is 0.00853. The zero-order valence-corrected chi connectivity index (χ0v) is 57.0. The van der Waals surface area contributed by atoms with Crippen molar-refractivity contribution < 1.29 is 104 Å². The molecule has 96 heavy (non-hydrogen) atoms. The molecule has 3 aliphatic heterocycles. The molecule has 33 heteroatoms. The highest BCUT2D eigenvalue weighted by molar-refractivity contribution is 7.87. The summed E-state index contributed by atoms with van der Waals surface area (Å²) in [4.78, 5) is 56.4. The Bertz CT molecular complexity index is 4580. The van der Waals surface area contributed by atoms with Crippen molar-refractivity contribution in [3.8, 4) is 11.8 Å². The number of carbonyl (C=O) groups is 4. The number of rotatable bonds is 16. The number of anilines is 1. The van der Waals surface area contributed by atoms with Crippen LogP contribution in [0.25, 0.3) is 21.5 Å². The van der Waals surface area contributed by atoms with E-state index in [-0.39, 0.29) is 92.2 Å². The molecule has 28 nitrogen and oxygen atoms in total. The van der Waals surface area contributed by atoms with Gasteiger partial charge in [0, 0.05) is 103 Å². The van der Waals surface area contributed by atoms with E-state index in [1.165, 1.54) is 18.2 Å². The fourth-order valence-corrected chi connectivity index (χ4v) is 16.1. The standard InChI is InChI=1S/C63H78N6O22S5/c1-62(2)52-20-8-4-9-21-53-63(3,60-46-38-42(94(82,83)84)40-51(96(88,89)90)44(46)26-28-49(60)68(53)35-18-36-92(76,77)78)31-14-5-10-22-54(70)64-32-16-13-19-47(61(75)65-33-15-6-12-24-58(74)91-69-56(72)29-30-57(69)73)66-55(71)23-11-7-17-34-67(52)48-27-25-43-45(59(48)62)37-41(93(79,80)81)39-50(43)95(85,86)87/h4,8-9,20-21,25-30,37-40,47H,5-7,10-19,22-24,31-36H2,1-3H3,(H9-,64,65,66,70,71,72,73,75,76,77,78,79,80,81,82,83,84,85,86,87,88,89,90)/p+1. The maximum Gasteiger partial charge on any atom is 0.333 e. The molecule has 3 amide bonds. The number of nitrogens with one attached hydrogen (secondary N) is 3. The topological polar surface area (TPSA) is 437 Å². The molecule has 4 aromatic carbocycles. The van der Waals surface area contributed by atoms with Gasteiger partial charge in [-0.15, -0.1) is 4.73 Å². The molecule has 0 fully saturated rings. The fourth-order valence-electron chi connectivity index (χ4n) is 12.9. The van der Waals surface area contributed by atoms with Gasteiger partial charge in [-0.2, -0.15) is 46.7 Å². The number of hydrogen-bond donors (Lipinski definition) is 10. The second-order valence-corrected chi connectivity index (χ2v) is 31.9. The van der Waals surface area contributed by atoms with Gasteiger partial charge in [-0.3, -0.25) is 37.1 Å². The van der Waals surface area contributed by atoms with Crippen molar-refractivity contribution in [2.45, 2.75) is 166 Å². The first-order chi connectivity index (χ1) is 44.9. The van der Waals surface area contributed by atoms with Gasteiger partial charge in [0.15, 0.2) is 5.71 Å². The van der Waals surface area contributed by atoms with Gasteiger partial charge in [0.1, 0.15) is 22.4 Å². The number of nitrogens with zero attached hydrogens (tertiary/aromatic N) is 3. The van der Waals surface area contributed by atoms with E-state index in [2.05, 4.69) is 16.0 Å². The average molecular weight is 1430 g/mol. The van der Waals surface area contributed by atoms with Gasteiger partial charge < -0.3 is 35.9 Å². The van der Waals surface area contributed by atoms with Crippen LogP contribution in [0.3, 0.4) is 0 Å². The third-order valence-corrected chi connectivity index (χ3v) is 21.7. The van der Waals surface area contributed by atoms with Crippen LogP contribution in [0.1, 0.15) is 141 Å². The summed E-state index contributed by atoms with van der Waals surface area (Å²) < 4.78 is 181. The van der Waals surface area contributed by atoms with Gasteiger partial charge in [0.2, 0.25) is 35.2 Å². The largest absolute Gasteiger partial charge is 0.492 e. The third kappa shape index (κ3) is 17.8. The van der Waals surface area contributed by atoms with Crippen molar-refractivity contribution in [3.63, 3.8) is 0 Å². The van der Waals surface area contributed by atoms with Crippen LogP contribution in [0, 0.1) is 0 Å². The minimum atomic E-state index is -5.16. The molecular weight excluding hydrogens is 1350 g/mol. The second kappa shape index (κ2) is 30.0. The fraction of sp³-hybridized carbons (Fsp3) is 0.444.